The number of carbonyl (C=O) groups excluding carboxylic acids is 1. The minimum Gasteiger partial charge on any atom is -0.341 e. The van der Waals surface area contributed by atoms with Gasteiger partial charge < -0.3 is 10.2 Å². The molecule has 3 atom stereocenters. The van der Waals surface area contributed by atoms with E-state index in [0.717, 1.165) is 32.0 Å². The first-order valence-electron chi connectivity index (χ1n) is 6.70. The summed E-state index contributed by atoms with van der Waals surface area (Å²) in [4.78, 5) is 14.3. The van der Waals surface area contributed by atoms with Gasteiger partial charge in [-0.3, -0.25) is 4.79 Å². The number of piperidine rings is 2. The van der Waals surface area contributed by atoms with Crippen molar-refractivity contribution in [1.82, 2.24) is 10.2 Å². The Balaban J connectivity index is 1.89. The highest BCUT2D eigenvalue weighted by Gasteiger charge is 2.30. The van der Waals surface area contributed by atoms with Gasteiger partial charge in [-0.25, -0.2) is 0 Å². The summed E-state index contributed by atoms with van der Waals surface area (Å²) in [5.41, 5.74) is 0. The maximum atomic E-state index is 12.3. The number of likely N-dealkylation sites (tertiary alicyclic amines) is 1. The van der Waals surface area contributed by atoms with Crippen LogP contribution in [0, 0.1) is 11.8 Å². The fourth-order valence-corrected chi connectivity index (χ4v) is 2.75. The molecule has 3 heteroatoms. The van der Waals surface area contributed by atoms with Crippen LogP contribution in [0.5, 0.6) is 0 Å². The summed E-state index contributed by atoms with van der Waals surface area (Å²) >= 11 is 0. The zero-order valence-corrected chi connectivity index (χ0v) is 10.5. The Labute approximate surface area is 98.6 Å². The van der Waals surface area contributed by atoms with Crippen molar-refractivity contribution in [2.45, 2.75) is 45.6 Å². The molecule has 2 aliphatic heterocycles. The predicted octanol–water partition coefficient (Wildman–Crippen LogP) is 1.63. The molecule has 2 rings (SSSR count). The largest absolute Gasteiger partial charge is 0.341 e. The van der Waals surface area contributed by atoms with Crippen LogP contribution in [0.4, 0.5) is 0 Å². The predicted molar refractivity (Wildman–Crippen MR) is 65.2 cm³/mol. The fraction of sp³-hybridized carbons (Fsp3) is 0.923. The molecule has 0 aromatic rings. The molecule has 1 N–H and O–H groups in total. The van der Waals surface area contributed by atoms with E-state index < -0.39 is 0 Å². The highest BCUT2D eigenvalue weighted by atomic mass is 16.2. The lowest BCUT2D eigenvalue weighted by atomic mass is 9.88. The molecule has 2 fully saturated rings. The number of carbonyl (C=O) groups is 1. The average Bonchev–Trinajstić information content (AvgIpc) is 2.33. The van der Waals surface area contributed by atoms with E-state index in [1.54, 1.807) is 0 Å². The molecule has 92 valence electrons. The highest BCUT2D eigenvalue weighted by Crippen LogP contribution is 2.23. The Kier molecular flexibility index (Phi) is 3.85. The van der Waals surface area contributed by atoms with Gasteiger partial charge >= 0.3 is 0 Å². The monoisotopic (exact) mass is 224 g/mol. The van der Waals surface area contributed by atoms with E-state index in [9.17, 15) is 4.79 Å². The second kappa shape index (κ2) is 5.17. The lowest BCUT2D eigenvalue weighted by Crippen LogP contribution is -2.52. The maximum absolute atomic E-state index is 12.3. The SMILES string of the molecule is CC1CCN(C(=O)[C@@H]2CCCCN2)CC1C. The number of hydrogen-bond acceptors (Lipinski definition) is 2. The van der Waals surface area contributed by atoms with Crippen LogP contribution in [0.25, 0.3) is 0 Å². The van der Waals surface area contributed by atoms with E-state index in [2.05, 4.69) is 24.1 Å². The van der Waals surface area contributed by atoms with Gasteiger partial charge in [0.05, 0.1) is 6.04 Å². The van der Waals surface area contributed by atoms with E-state index in [1.165, 1.54) is 19.3 Å². The van der Waals surface area contributed by atoms with Gasteiger partial charge in [0, 0.05) is 13.1 Å². The smallest absolute Gasteiger partial charge is 0.239 e. The Hall–Kier alpha value is -0.570. The van der Waals surface area contributed by atoms with Gasteiger partial charge in [0.25, 0.3) is 0 Å². The van der Waals surface area contributed by atoms with Crippen LogP contribution < -0.4 is 5.32 Å². The molecule has 0 aromatic heterocycles. The van der Waals surface area contributed by atoms with Crippen molar-refractivity contribution in [2.75, 3.05) is 19.6 Å². The summed E-state index contributed by atoms with van der Waals surface area (Å²) in [5.74, 6) is 1.77. The lowest BCUT2D eigenvalue weighted by molar-refractivity contribution is -0.136. The molecule has 0 spiro atoms. The number of nitrogens with one attached hydrogen (secondary N) is 1. The van der Waals surface area contributed by atoms with Gasteiger partial charge in [0.2, 0.25) is 5.91 Å². The number of nitrogens with zero attached hydrogens (tertiary/aromatic N) is 1. The third kappa shape index (κ3) is 2.57. The molecule has 0 aliphatic carbocycles. The van der Waals surface area contributed by atoms with Crippen LogP contribution in [0.1, 0.15) is 39.5 Å². The molecule has 2 aliphatic rings. The Morgan fingerprint density at radius 3 is 2.62 bits per heavy atom. The van der Waals surface area contributed by atoms with Crippen molar-refractivity contribution >= 4 is 5.91 Å². The standard InChI is InChI=1S/C13H24N2O/c1-10-6-8-15(9-11(10)2)13(16)12-5-3-4-7-14-12/h10-12,14H,3-9H2,1-2H3/t10?,11?,12-/m0/s1. The van der Waals surface area contributed by atoms with Crippen LogP contribution in [0.3, 0.4) is 0 Å². The first kappa shape index (κ1) is 11.9. The van der Waals surface area contributed by atoms with Crippen molar-refractivity contribution in [2.24, 2.45) is 11.8 Å². The molecule has 1 amide bonds. The third-order valence-corrected chi connectivity index (χ3v) is 4.25. The Morgan fingerprint density at radius 2 is 2.00 bits per heavy atom. The second-order valence-electron chi connectivity index (χ2n) is 5.53. The molecular weight excluding hydrogens is 200 g/mol. The Morgan fingerprint density at radius 1 is 1.19 bits per heavy atom. The first-order chi connectivity index (χ1) is 7.68. The lowest BCUT2D eigenvalue weighted by Gasteiger charge is -2.38. The van der Waals surface area contributed by atoms with Gasteiger partial charge in [-0.2, -0.15) is 0 Å². The molecule has 0 radical (unpaired) electrons. The Bertz CT molecular complexity index is 248. The zero-order chi connectivity index (χ0) is 11.5. The zero-order valence-electron chi connectivity index (χ0n) is 10.5. The van der Waals surface area contributed by atoms with Crippen LogP contribution >= 0.6 is 0 Å². The summed E-state index contributed by atoms with van der Waals surface area (Å²) in [5, 5.41) is 3.35. The van der Waals surface area contributed by atoms with Gasteiger partial charge in [0.1, 0.15) is 0 Å². The minimum absolute atomic E-state index is 0.106. The molecule has 16 heavy (non-hydrogen) atoms. The van der Waals surface area contributed by atoms with Gasteiger partial charge in [-0.05, 0) is 37.6 Å². The number of hydrogen-bond donors (Lipinski definition) is 1. The van der Waals surface area contributed by atoms with Crippen molar-refractivity contribution in [1.29, 1.82) is 0 Å². The van der Waals surface area contributed by atoms with Gasteiger partial charge in [-0.1, -0.05) is 20.3 Å². The van der Waals surface area contributed by atoms with E-state index in [-0.39, 0.29) is 6.04 Å². The summed E-state index contributed by atoms with van der Waals surface area (Å²) in [6.45, 7) is 7.49. The number of rotatable bonds is 1. The number of amides is 1. The quantitative estimate of drug-likeness (QED) is 0.734. The van der Waals surface area contributed by atoms with E-state index in [1.807, 2.05) is 0 Å². The minimum atomic E-state index is 0.106. The van der Waals surface area contributed by atoms with E-state index in [0.29, 0.717) is 11.8 Å². The van der Waals surface area contributed by atoms with Crippen molar-refractivity contribution in [3.8, 4) is 0 Å². The van der Waals surface area contributed by atoms with Crippen LogP contribution in [0.2, 0.25) is 0 Å². The molecule has 0 aromatic carbocycles. The average molecular weight is 224 g/mol. The highest BCUT2D eigenvalue weighted by molar-refractivity contribution is 5.82. The second-order valence-corrected chi connectivity index (χ2v) is 5.53. The van der Waals surface area contributed by atoms with Gasteiger partial charge in [0.15, 0.2) is 0 Å². The van der Waals surface area contributed by atoms with E-state index >= 15 is 0 Å². The first-order valence-corrected chi connectivity index (χ1v) is 6.70. The normalized spacial score (nSPS) is 36.1. The topological polar surface area (TPSA) is 32.3 Å². The molecule has 0 saturated carbocycles. The van der Waals surface area contributed by atoms with Crippen molar-refractivity contribution in [3.63, 3.8) is 0 Å². The molecule has 3 nitrogen and oxygen atoms in total. The molecule has 2 heterocycles. The maximum Gasteiger partial charge on any atom is 0.239 e. The van der Waals surface area contributed by atoms with Crippen LogP contribution in [-0.4, -0.2) is 36.5 Å². The van der Waals surface area contributed by atoms with E-state index in [4.69, 9.17) is 0 Å². The summed E-state index contributed by atoms with van der Waals surface area (Å²) in [6.07, 6.45) is 4.61. The summed E-state index contributed by atoms with van der Waals surface area (Å²) in [6, 6.07) is 0.106. The van der Waals surface area contributed by atoms with Crippen molar-refractivity contribution < 1.29 is 4.79 Å². The molecule has 2 saturated heterocycles. The van der Waals surface area contributed by atoms with Gasteiger partial charge in [-0.15, -0.1) is 0 Å². The third-order valence-electron chi connectivity index (χ3n) is 4.25. The van der Waals surface area contributed by atoms with Crippen LogP contribution in [0.15, 0.2) is 0 Å². The molecule has 0 bridgehead atoms. The van der Waals surface area contributed by atoms with Crippen LogP contribution in [-0.2, 0) is 4.79 Å². The fourth-order valence-electron chi connectivity index (χ4n) is 2.75. The molecular formula is C13H24N2O. The summed E-state index contributed by atoms with van der Waals surface area (Å²) in [7, 11) is 0. The van der Waals surface area contributed by atoms with Crippen molar-refractivity contribution in [3.05, 3.63) is 0 Å². The summed E-state index contributed by atoms with van der Waals surface area (Å²) < 4.78 is 0. The molecule has 2 unspecified atom stereocenters.